The molecular weight excluding hydrogens is 208 g/mol. The molecule has 2 atom stereocenters. The molecule has 0 aromatic rings. The van der Waals surface area contributed by atoms with Crippen LogP contribution in [-0.2, 0) is 9.59 Å². The maximum Gasteiger partial charge on any atom is 0.308 e. The molecule has 0 aromatic heterocycles. The molecule has 0 spiro atoms. The lowest BCUT2D eigenvalue weighted by molar-refractivity contribution is -0.143. The van der Waals surface area contributed by atoms with E-state index in [0.29, 0.717) is 6.42 Å². The third-order valence-electron chi connectivity index (χ3n) is 2.55. The van der Waals surface area contributed by atoms with Crippen LogP contribution >= 0.6 is 0 Å². The Morgan fingerprint density at radius 2 is 1.94 bits per heavy atom. The number of hydrogen-bond acceptors (Lipinski definition) is 3. The summed E-state index contributed by atoms with van der Waals surface area (Å²) in [4.78, 5) is 22.3. The highest BCUT2D eigenvalue weighted by Gasteiger charge is 2.23. The van der Waals surface area contributed by atoms with Gasteiger partial charge in [-0.15, -0.1) is 0 Å². The fourth-order valence-electron chi connectivity index (χ4n) is 1.39. The Morgan fingerprint density at radius 1 is 1.38 bits per heavy atom. The van der Waals surface area contributed by atoms with Crippen LogP contribution in [-0.4, -0.2) is 29.6 Å². The van der Waals surface area contributed by atoms with E-state index in [2.05, 4.69) is 5.32 Å². The number of nitrogens with two attached hydrogens (primary N) is 1. The van der Waals surface area contributed by atoms with E-state index in [9.17, 15) is 9.59 Å². The van der Waals surface area contributed by atoms with Gasteiger partial charge in [0, 0.05) is 6.54 Å². The highest BCUT2D eigenvalue weighted by molar-refractivity contribution is 5.82. The largest absolute Gasteiger partial charge is 0.481 e. The Balaban J connectivity index is 4.11. The first kappa shape index (κ1) is 14.9. The van der Waals surface area contributed by atoms with Crippen LogP contribution in [0.2, 0.25) is 0 Å². The molecule has 1 amide bonds. The lowest BCUT2D eigenvalue weighted by Gasteiger charge is -2.18. The second-order valence-electron chi connectivity index (χ2n) is 4.33. The minimum absolute atomic E-state index is 0.0137. The maximum absolute atomic E-state index is 11.5. The minimum atomic E-state index is -0.889. The monoisotopic (exact) mass is 230 g/mol. The summed E-state index contributed by atoms with van der Waals surface area (Å²) in [6.45, 7) is 5.72. The molecule has 0 aliphatic rings. The molecule has 0 aromatic carbocycles. The highest BCUT2D eigenvalue weighted by Crippen LogP contribution is 2.09. The van der Waals surface area contributed by atoms with Crippen molar-refractivity contribution in [3.05, 3.63) is 0 Å². The van der Waals surface area contributed by atoms with Gasteiger partial charge in [0.25, 0.3) is 0 Å². The number of aliphatic carboxylic acids is 1. The van der Waals surface area contributed by atoms with Crippen molar-refractivity contribution in [2.75, 3.05) is 6.54 Å². The number of carboxylic acid groups (broad SMARTS) is 1. The van der Waals surface area contributed by atoms with E-state index in [-0.39, 0.29) is 18.4 Å². The van der Waals surface area contributed by atoms with Crippen LogP contribution in [0.1, 0.15) is 33.6 Å². The molecule has 0 fully saturated rings. The van der Waals surface area contributed by atoms with E-state index < -0.39 is 17.9 Å². The number of rotatable bonds is 7. The third-order valence-corrected chi connectivity index (χ3v) is 2.55. The summed E-state index contributed by atoms with van der Waals surface area (Å²) in [5.74, 6) is -1.73. The van der Waals surface area contributed by atoms with Gasteiger partial charge >= 0.3 is 5.97 Å². The molecule has 5 heteroatoms. The SMILES string of the molecule is CCC[C@@H](N)C(=O)NCC(C(=O)O)C(C)C. The van der Waals surface area contributed by atoms with Crippen LogP contribution in [0, 0.1) is 11.8 Å². The lowest BCUT2D eigenvalue weighted by Crippen LogP contribution is -2.44. The zero-order chi connectivity index (χ0) is 12.7. The Morgan fingerprint density at radius 3 is 2.31 bits per heavy atom. The number of carboxylic acids is 1. The zero-order valence-corrected chi connectivity index (χ0v) is 10.2. The molecule has 0 bridgehead atoms. The van der Waals surface area contributed by atoms with Crippen molar-refractivity contribution in [3.8, 4) is 0 Å². The van der Waals surface area contributed by atoms with Crippen molar-refractivity contribution in [2.24, 2.45) is 17.6 Å². The molecule has 0 heterocycles. The molecule has 5 nitrogen and oxygen atoms in total. The first-order chi connectivity index (χ1) is 7.40. The van der Waals surface area contributed by atoms with E-state index in [1.807, 2.05) is 20.8 Å². The summed E-state index contributed by atoms with van der Waals surface area (Å²) in [7, 11) is 0. The van der Waals surface area contributed by atoms with Gasteiger partial charge in [0.05, 0.1) is 12.0 Å². The van der Waals surface area contributed by atoms with E-state index in [1.165, 1.54) is 0 Å². The molecule has 0 rings (SSSR count). The molecule has 16 heavy (non-hydrogen) atoms. The third kappa shape index (κ3) is 5.11. The molecule has 0 radical (unpaired) electrons. The van der Waals surface area contributed by atoms with Crippen molar-refractivity contribution in [1.82, 2.24) is 5.32 Å². The number of amides is 1. The fraction of sp³-hybridized carbons (Fsp3) is 0.818. The van der Waals surface area contributed by atoms with Crippen molar-refractivity contribution in [3.63, 3.8) is 0 Å². The average Bonchev–Trinajstić information content (AvgIpc) is 2.16. The Hall–Kier alpha value is -1.10. The van der Waals surface area contributed by atoms with E-state index in [0.717, 1.165) is 6.42 Å². The molecule has 94 valence electrons. The van der Waals surface area contributed by atoms with Crippen LogP contribution in [0.4, 0.5) is 0 Å². The van der Waals surface area contributed by atoms with Gasteiger partial charge in [-0.3, -0.25) is 9.59 Å². The second kappa shape index (κ2) is 7.22. The maximum atomic E-state index is 11.5. The molecular formula is C11H22N2O3. The molecule has 0 saturated heterocycles. The van der Waals surface area contributed by atoms with E-state index in [4.69, 9.17) is 10.8 Å². The summed E-state index contributed by atoms with van der Waals surface area (Å²) >= 11 is 0. The van der Waals surface area contributed by atoms with Gasteiger partial charge in [-0.1, -0.05) is 27.2 Å². The number of hydrogen-bond donors (Lipinski definition) is 3. The summed E-state index contributed by atoms with van der Waals surface area (Å²) < 4.78 is 0. The Labute approximate surface area is 96.4 Å². The lowest BCUT2D eigenvalue weighted by atomic mass is 9.96. The van der Waals surface area contributed by atoms with Crippen LogP contribution < -0.4 is 11.1 Å². The van der Waals surface area contributed by atoms with Gasteiger partial charge in [0.1, 0.15) is 0 Å². The molecule has 0 aliphatic heterocycles. The average molecular weight is 230 g/mol. The van der Waals surface area contributed by atoms with Crippen molar-refractivity contribution in [1.29, 1.82) is 0 Å². The first-order valence-electron chi connectivity index (χ1n) is 5.66. The smallest absolute Gasteiger partial charge is 0.308 e. The first-order valence-corrected chi connectivity index (χ1v) is 5.66. The van der Waals surface area contributed by atoms with Gasteiger partial charge in [-0.2, -0.15) is 0 Å². The molecule has 4 N–H and O–H groups in total. The standard InChI is InChI=1S/C11H22N2O3/c1-4-5-9(12)10(14)13-6-8(7(2)3)11(15)16/h7-9H,4-6,12H2,1-3H3,(H,13,14)(H,15,16)/t8?,9-/m1/s1. The second-order valence-corrected chi connectivity index (χ2v) is 4.33. The normalized spacial score (nSPS) is 14.6. The summed E-state index contributed by atoms with van der Waals surface area (Å²) in [5.41, 5.74) is 5.61. The zero-order valence-electron chi connectivity index (χ0n) is 10.2. The summed E-state index contributed by atoms with van der Waals surface area (Å²) in [6.07, 6.45) is 1.45. The molecule has 0 saturated carbocycles. The number of nitrogens with one attached hydrogen (secondary N) is 1. The van der Waals surface area contributed by atoms with Crippen LogP contribution in [0.25, 0.3) is 0 Å². The predicted octanol–water partition coefficient (Wildman–Crippen LogP) is 0.587. The number of carbonyl (C=O) groups excluding carboxylic acids is 1. The topological polar surface area (TPSA) is 92.4 Å². The molecule has 0 aliphatic carbocycles. The summed E-state index contributed by atoms with van der Waals surface area (Å²) in [5, 5.41) is 11.5. The van der Waals surface area contributed by atoms with Crippen LogP contribution in [0.5, 0.6) is 0 Å². The quantitative estimate of drug-likeness (QED) is 0.596. The van der Waals surface area contributed by atoms with Gasteiger partial charge in [-0.25, -0.2) is 0 Å². The highest BCUT2D eigenvalue weighted by atomic mass is 16.4. The van der Waals surface area contributed by atoms with Crippen LogP contribution in [0.15, 0.2) is 0 Å². The van der Waals surface area contributed by atoms with Crippen LogP contribution in [0.3, 0.4) is 0 Å². The van der Waals surface area contributed by atoms with Crippen molar-refractivity contribution in [2.45, 2.75) is 39.7 Å². The van der Waals surface area contributed by atoms with E-state index >= 15 is 0 Å². The van der Waals surface area contributed by atoms with Crippen molar-refractivity contribution < 1.29 is 14.7 Å². The van der Waals surface area contributed by atoms with Crippen molar-refractivity contribution >= 4 is 11.9 Å². The Bertz CT molecular complexity index is 241. The summed E-state index contributed by atoms with van der Waals surface area (Å²) in [6, 6.07) is -0.536. The Kier molecular flexibility index (Phi) is 6.72. The van der Waals surface area contributed by atoms with Gasteiger partial charge in [0.15, 0.2) is 0 Å². The fourth-order valence-corrected chi connectivity index (χ4v) is 1.39. The van der Waals surface area contributed by atoms with Gasteiger partial charge in [0.2, 0.25) is 5.91 Å². The minimum Gasteiger partial charge on any atom is -0.481 e. The van der Waals surface area contributed by atoms with E-state index in [1.54, 1.807) is 0 Å². The van der Waals surface area contributed by atoms with Gasteiger partial charge in [-0.05, 0) is 12.3 Å². The predicted molar refractivity (Wildman–Crippen MR) is 61.9 cm³/mol. The number of carbonyl (C=O) groups is 2. The van der Waals surface area contributed by atoms with Gasteiger partial charge < -0.3 is 16.2 Å². The molecule has 1 unspecified atom stereocenters.